The van der Waals surface area contributed by atoms with Gasteiger partial charge >= 0.3 is 5.97 Å². The van der Waals surface area contributed by atoms with Crippen molar-refractivity contribution in [1.29, 1.82) is 0 Å². The van der Waals surface area contributed by atoms with E-state index in [-0.39, 0.29) is 11.6 Å². The van der Waals surface area contributed by atoms with Crippen molar-refractivity contribution in [3.05, 3.63) is 34.0 Å². The Morgan fingerprint density at radius 3 is 3.11 bits per heavy atom. The maximum absolute atomic E-state index is 12.1. The third-order valence-corrected chi connectivity index (χ3v) is 3.74. The molecule has 1 saturated carbocycles. The number of nitrogens with zero attached hydrogens (tertiary/aromatic N) is 2. The summed E-state index contributed by atoms with van der Waals surface area (Å²) in [7, 11) is 0. The van der Waals surface area contributed by atoms with Gasteiger partial charge in [0.1, 0.15) is 11.2 Å². The van der Waals surface area contributed by atoms with E-state index in [0.29, 0.717) is 12.2 Å². The third kappa shape index (κ3) is 1.36. The highest BCUT2D eigenvalue weighted by Crippen LogP contribution is 2.59. The first-order valence-electron chi connectivity index (χ1n) is 6.13. The summed E-state index contributed by atoms with van der Waals surface area (Å²) in [5, 5.41) is 9.21. The zero-order valence-corrected chi connectivity index (χ0v) is 10.1. The molecule has 0 amide bonds. The highest BCUT2D eigenvalue weighted by molar-refractivity contribution is 5.84. The quantitative estimate of drug-likeness (QED) is 0.870. The molecule has 94 valence electrons. The Balaban J connectivity index is 2.09. The van der Waals surface area contributed by atoms with Gasteiger partial charge in [0, 0.05) is 11.8 Å². The Morgan fingerprint density at radius 2 is 2.44 bits per heavy atom. The second kappa shape index (κ2) is 3.54. The van der Waals surface area contributed by atoms with Crippen LogP contribution in [0.5, 0.6) is 0 Å². The Bertz CT molecular complexity index is 617. The van der Waals surface area contributed by atoms with Gasteiger partial charge in [0.15, 0.2) is 0 Å². The summed E-state index contributed by atoms with van der Waals surface area (Å²) in [4.78, 5) is 27.7. The fraction of sp³-hybridized carbons (Fsp3) is 0.462. The van der Waals surface area contributed by atoms with E-state index in [2.05, 4.69) is 4.98 Å². The lowest BCUT2D eigenvalue weighted by molar-refractivity contribution is -0.141. The van der Waals surface area contributed by atoms with Gasteiger partial charge in [0.05, 0.1) is 6.04 Å². The number of aliphatic carboxylic acids is 1. The maximum Gasteiger partial charge on any atom is 0.315 e. The molecular weight excluding hydrogens is 232 g/mol. The number of aryl methyl sites for hydroxylation is 1. The van der Waals surface area contributed by atoms with Crippen molar-refractivity contribution in [2.45, 2.75) is 32.2 Å². The van der Waals surface area contributed by atoms with E-state index in [1.54, 1.807) is 12.2 Å². The van der Waals surface area contributed by atoms with Gasteiger partial charge in [-0.1, -0.05) is 19.4 Å². The van der Waals surface area contributed by atoms with Crippen molar-refractivity contribution in [3.63, 3.8) is 0 Å². The van der Waals surface area contributed by atoms with Crippen molar-refractivity contribution in [3.8, 4) is 0 Å². The molecule has 1 aromatic rings. The van der Waals surface area contributed by atoms with Crippen molar-refractivity contribution in [2.75, 3.05) is 0 Å². The normalized spacial score (nSPS) is 27.5. The average Bonchev–Trinajstić information content (AvgIpc) is 3.04. The number of aromatic nitrogens is 2. The van der Waals surface area contributed by atoms with Crippen LogP contribution in [0.2, 0.25) is 0 Å². The van der Waals surface area contributed by atoms with Crippen molar-refractivity contribution in [1.82, 2.24) is 9.55 Å². The van der Waals surface area contributed by atoms with Crippen LogP contribution in [0.4, 0.5) is 0 Å². The predicted octanol–water partition coefficient (Wildman–Crippen LogP) is 1.24. The van der Waals surface area contributed by atoms with Crippen LogP contribution in [0.15, 0.2) is 16.9 Å². The van der Waals surface area contributed by atoms with Crippen molar-refractivity contribution in [2.24, 2.45) is 5.41 Å². The van der Waals surface area contributed by atoms with Gasteiger partial charge in [0.25, 0.3) is 5.56 Å². The molecule has 2 aliphatic rings. The van der Waals surface area contributed by atoms with E-state index < -0.39 is 11.4 Å². The molecule has 0 spiro atoms. The number of fused-ring (bicyclic) bond motifs is 3. The van der Waals surface area contributed by atoms with Gasteiger partial charge in [-0.25, -0.2) is 4.98 Å². The minimum Gasteiger partial charge on any atom is -0.481 e. The molecule has 1 N–H and O–H groups in total. The fourth-order valence-corrected chi connectivity index (χ4v) is 2.66. The van der Waals surface area contributed by atoms with Crippen LogP contribution in [-0.4, -0.2) is 20.6 Å². The van der Waals surface area contributed by atoms with Gasteiger partial charge in [0.2, 0.25) is 0 Å². The smallest absolute Gasteiger partial charge is 0.315 e. The fourth-order valence-electron chi connectivity index (χ4n) is 2.66. The van der Waals surface area contributed by atoms with Crippen LogP contribution in [0.25, 0.3) is 6.08 Å². The molecule has 0 radical (unpaired) electrons. The number of hydrogen-bond acceptors (Lipinski definition) is 3. The Morgan fingerprint density at radius 1 is 1.67 bits per heavy atom. The summed E-state index contributed by atoms with van der Waals surface area (Å²) in [6.45, 7) is 2.03. The zero-order chi connectivity index (χ0) is 12.9. The van der Waals surface area contributed by atoms with E-state index in [4.69, 9.17) is 0 Å². The summed E-state index contributed by atoms with van der Waals surface area (Å²) >= 11 is 0. The molecule has 1 aromatic heterocycles. The van der Waals surface area contributed by atoms with Crippen molar-refractivity contribution >= 4 is 12.0 Å². The topological polar surface area (TPSA) is 72.2 Å². The lowest BCUT2D eigenvalue weighted by Crippen LogP contribution is -2.29. The molecule has 0 aromatic carbocycles. The highest BCUT2D eigenvalue weighted by Gasteiger charge is 2.62. The van der Waals surface area contributed by atoms with E-state index >= 15 is 0 Å². The Labute approximate surface area is 104 Å². The number of hydrogen-bond donors (Lipinski definition) is 1. The second-order valence-corrected chi connectivity index (χ2v) is 4.96. The molecular formula is C13H14N2O3. The van der Waals surface area contributed by atoms with Gasteiger partial charge in [-0.3, -0.25) is 14.2 Å². The SMILES string of the molecule is CCCc1cc(=O)n2c(n1)C=CC1(C(=O)O)CC21. The van der Waals surface area contributed by atoms with Gasteiger partial charge in [-0.05, 0) is 18.9 Å². The minimum atomic E-state index is -0.870. The summed E-state index contributed by atoms with van der Waals surface area (Å²) in [6.07, 6.45) is 5.53. The molecule has 18 heavy (non-hydrogen) atoms. The first kappa shape index (κ1) is 11.2. The number of carbonyl (C=O) groups is 1. The number of rotatable bonds is 3. The first-order valence-corrected chi connectivity index (χ1v) is 6.13. The summed E-state index contributed by atoms with van der Waals surface area (Å²) < 4.78 is 1.52. The first-order chi connectivity index (χ1) is 8.58. The molecule has 1 aliphatic carbocycles. The summed E-state index contributed by atoms with van der Waals surface area (Å²) in [5.41, 5.74) is -0.229. The van der Waals surface area contributed by atoms with Gasteiger partial charge < -0.3 is 5.11 Å². The molecule has 0 saturated heterocycles. The molecule has 0 bridgehead atoms. The molecule has 5 heteroatoms. The lowest BCUT2D eigenvalue weighted by Gasteiger charge is -2.17. The Kier molecular flexibility index (Phi) is 2.20. The molecule has 5 nitrogen and oxygen atoms in total. The lowest BCUT2D eigenvalue weighted by atomic mass is 10.0. The average molecular weight is 246 g/mol. The molecule has 3 rings (SSSR count). The zero-order valence-electron chi connectivity index (χ0n) is 10.1. The predicted molar refractivity (Wildman–Crippen MR) is 65.2 cm³/mol. The maximum atomic E-state index is 12.1. The van der Waals surface area contributed by atoms with Gasteiger partial charge in [-0.2, -0.15) is 0 Å². The van der Waals surface area contributed by atoms with Crippen LogP contribution in [0.1, 0.15) is 37.3 Å². The summed E-state index contributed by atoms with van der Waals surface area (Å²) in [6, 6.07) is 1.27. The number of carboxylic acid groups (broad SMARTS) is 1. The molecule has 2 atom stereocenters. The van der Waals surface area contributed by atoms with E-state index in [9.17, 15) is 14.7 Å². The molecule has 1 aliphatic heterocycles. The van der Waals surface area contributed by atoms with Crippen LogP contribution < -0.4 is 5.56 Å². The monoisotopic (exact) mass is 246 g/mol. The van der Waals surface area contributed by atoms with Crippen molar-refractivity contribution < 1.29 is 9.90 Å². The molecule has 1 fully saturated rings. The highest BCUT2D eigenvalue weighted by atomic mass is 16.4. The minimum absolute atomic E-state index is 0.138. The summed E-state index contributed by atoms with van der Waals surface area (Å²) in [5.74, 6) is -0.274. The molecule has 2 unspecified atom stereocenters. The van der Waals surface area contributed by atoms with Gasteiger partial charge in [-0.15, -0.1) is 0 Å². The number of carboxylic acids is 1. The van der Waals surface area contributed by atoms with Crippen LogP contribution >= 0.6 is 0 Å². The Hall–Kier alpha value is -1.91. The van der Waals surface area contributed by atoms with Crippen LogP contribution in [0, 0.1) is 5.41 Å². The largest absolute Gasteiger partial charge is 0.481 e. The standard InChI is InChI=1S/C13H14N2O3/c1-2-3-8-6-11(16)15-9-7-13(9,12(17)18)5-4-10(15)14-8/h4-6,9H,2-3,7H2,1H3,(H,17,18). The van der Waals surface area contributed by atoms with E-state index in [0.717, 1.165) is 18.5 Å². The van der Waals surface area contributed by atoms with Crippen LogP contribution in [-0.2, 0) is 11.2 Å². The van der Waals surface area contributed by atoms with Crippen LogP contribution in [0.3, 0.4) is 0 Å². The third-order valence-electron chi connectivity index (χ3n) is 3.74. The van der Waals surface area contributed by atoms with E-state index in [1.165, 1.54) is 10.6 Å². The molecule has 2 heterocycles. The second-order valence-electron chi connectivity index (χ2n) is 4.96. The van der Waals surface area contributed by atoms with E-state index in [1.807, 2.05) is 6.92 Å².